The summed E-state index contributed by atoms with van der Waals surface area (Å²) in [6, 6.07) is 9.45. The molecule has 0 bridgehead atoms. The number of benzene rings is 1. The number of ether oxygens (including phenoxy) is 1. The molecule has 0 radical (unpaired) electrons. The van der Waals surface area contributed by atoms with Gasteiger partial charge < -0.3 is 15.4 Å². The summed E-state index contributed by atoms with van der Waals surface area (Å²) in [5, 5.41) is 6.44. The number of amides is 1. The van der Waals surface area contributed by atoms with E-state index in [1.807, 2.05) is 58.0 Å². The van der Waals surface area contributed by atoms with Crippen LogP contribution in [-0.4, -0.2) is 16.7 Å². The standard InChI is InChI=1S/C18H22ClN3O2/c1-12-8-9-20-15(10-12)22-14-7-5-6-13(16(14)19)11-21-17(23)24-18(2,3)4/h5-10H,11H2,1-4H3,(H,20,22)(H,21,23). The summed E-state index contributed by atoms with van der Waals surface area (Å²) in [6.07, 6.45) is 1.26. The number of aryl methyl sites for hydroxylation is 1. The summed E-state index contributed by atoms with van der Waals surface area (Å²) in [4.78, 5) is 16.0. The van der Waals surface area contributed by atoms with Crippen molar-refractivity contribution in [3.05, 3.63) is 52.7 Å². The first-order valence-electron chi connectivity index (χ1n) is 7.68. The van der Waals surface area contributed by atoms with Gasteiger partial charge in [0.1, 0.15) is 11.4 Å². The Morgan fingerprint density at radius 2 is 2.04 bits per heavy atom. The van der Waals surface area contributed by atoms with Crippen LogP contribution in [0.1, 0.15) is 31.9 Å². The van der Waals surface area contributed by atoms with Gasteiger partial charge in [-0.05, 0) is 57.0 Å². The van der Waals surface area contributed by atoms with Crippen LogP contribution in [0.15, 0.2) is 36.5 Å². The SMILES string of the molecule is Cc1ccnc(Nc2cccc(CNC(=O)OC(C)(C)C)c2Cl)c1. The Kier molecular flexibility index (Phi) is 5.67. The zero-order valence-corrected chi connectivity index (χ0v) is 15.1. The first-order chi connectivity index (χ1) is 11.2. The molecule has 0 saturated heterocycles. The molecule has 0 unspecified atom stereocenters. The minimum Gasteiger partial charge on any atom is -0.444 e. The number of carbonyl (C=O) groups is 1. The number of rotatable bonds is 4. The quantitative estimate of drug-likeness (QED) is 0.832. The fourth-order valence-electron chi connectivity index (χ4n) is 2.04. The smallest absolute Gasteiger partial charge is 0.407 e. The molecule has 1 aromatic heterocycles. The zero-order valence-electron chi connectivity index (χ0n) is 14.3. The lowest BCUT2D eigenvalue weighted by Gasteiger charge is -2.20. The molecule has 0 spiro atoms. The van der Waals surface area contributed by atoms with Gasteiger partial charge in [0.05, 0.1) is 10.7 Å². The van der Waals surface area contributed by atoms with E-state index in [0.29, 0.717) is 10.8 Å². The van der Waals surface area contributed by atoms with Gasteiger partial charge in [-0.25, -0.2) is 9.78 Å². The van der Waals surface area contributed by atoms with Crippen LogP contribution < -0.4 is 10.6 Å². The molecule has 0 atom stereocenters. The van der Waals surface area contributed by atoms with E-state index in [-0.39, 0.29) is 6.54 Å². The van der Waals surface area contributed by atoms with Crippen LogP contribution in [0.5, 0.6) is 0 Å². The molecule has 2 aromatic rings. The van der Waals surface area contributed by atoms with Crippen molar-refractivity contribution in [3.8, 4) is 0 Å². The van der Waals surface area contributed by atoms with E-state index in [4.69, 9.17) is 16.3 Å². The summed E-state index contributed by atoms with van der Waals surface area (Å²) in [5.41, 5.74) is 2.10. The normalized spacial score (nSPS) is 11.0. The topological polar surface area (TPSA) is 63.2 Å². The monoisotopic (exact) mass is 347 g/mol. The van der Waals surface area contributed by atoms with Gasteiger partial charge in [-0.1, -0.05) is 23.7 Å². The highest BCUT2D eigenvalue weighted by Gasteiger charge is 2.16. The van der Waals surface area contributed by atoms with Crippen molar-refractivity contribution in [2.45, 2.75) is 39.8 Å². The average molecular weight is 348 g/mol. The number of alkyl carbamates (subject to hydrolysis) is 1. The van der Waals surface area contributed by atoms with Crippen LogP contribution in [0.4, 0.5) is 16.3 Å². The van der Waals surface area contributed by atoms with Gasteiger partial charge in [0, 0.05) is 12.7 Å². The van der Waals surface area contributed by atoms with Crippen molar-refractivity contribution in [1.29, 1.82) is 0 Å². The molecular weight excluding hydrogens is 326 g/mol. The number of carbonyl (C=O) groups excluding carboxylic acids is 1. The molecule has 5 nitrogen and oxygen atoms in total. The average Bonchev–Trinajstić information content (AvgIpc) is 2.46. The second-order valence-corrected chi connectivity index (χ2v) is 6.86. The van der Waals surface area contributed by atoms with E-state index < -0.39 is 11.7 Å². The number of aromatic nitrogens is 1. The van der Waals surface area contributed by atoms with Crippen molar-refractivity contribution in [2.75, 3.05) is 5.32 Å². The summed E-state index contributed by atoms with van der Waals surface area (Å²) in [6.45, 7) is 7.73. The van der Waals surface area contributed by atoms with Crippen LogP contribution in [0.3, 0.4) is 0 Å². The van der Waals surface area contributed by atoms with Crippen LogP contribution >= 0.6 is 11.6 Å². The molecule has 0 fully saturated rings. The number of pyridine rings is 1. The summed E-state index contributed by atoms with van der Waals surface area (Å²) in [5.74, 6) is 0.717. The molecule has 1 heterocycles. The maximum absolute atomic E-state index is 11.8. The first kappa shape index (κ1) is 18.1. The molecule has 0 aliphatic heterocycles. The van der Waals surface area contributed by atoms with E-state index in [0.717, 1.165) is 16.8 Å². The zero-order chi connectivity index (χ0) is 17.7. The lowest BCUT2D eigenvalue weighted by atomic mass is 10.2. The molecule has 0 aliphatic rings. The number of hydrogen-bond donors (Lipinski definition) is 2. The Balaban J connectivity index is 2.06. The van der Waals surface area contributed by atoms with E-state index in [1.165, 1.54) is 0 Å². The highest BCUT2D eigenvalue weighted by molar-refractivity contribution is 6.34. The lowest BCUT2D eigenvalue weighted by Crippen LogP contribution is -2.32. The van der Waals surface area contributed by atoms with Gasteiger partial charge in [0.2, 0.25) is 0 Å². The molecule has 2 rings (SSSR count). The lowest BCUT2D eigenvalue weighted by molar-refractivity contribution is 0.0523. The van der Waals surface area contributed by atoms with Crippen molar-refractivity contribution in [2.24, 2.45) is 0 Å². The first-order valence-corrected chi connectivity index (χ1v) is 8.06. The van der Waals surface area contributed by atoms with Crippen LogP contribution in [0, 0.1) is 6.92 Å². The van der Waals surface area contributed by atoms with Gasteiger partial charge in [-0.2, -0.15) is 0 Å². The molecule has 0 saturated carbocycles. The Hall–Kier alpha value is -2.27. The Morgan fingerprint density at radius 3 is 2.71 bits per heavy atom. The third kappa shape index (κ3) is 5.42. The molecule has 1 aromatic carbocycles. The second-order valence-electron chi connectivity index (χ2n) is 6.48. The highest BCUT2D eigenvalue weighted by atomic mass is 35.5. The van der Waals surface area contributed by atoms with E-state index >= 15 is 0 Å². The van der Waals surface area contributed by atoms with Crippen molar-refractivity contribution < 1.29 is 9.53 Å². The number of nitrogens with zero attached hydrogens (tertiary/aromatic N) is 1. The van der Waals surface area contributed by atoms with Crippen LogP contribution in [0.2, 0.25) is 5.02 Å². The van der Waals surface area contributed by atoms with Crippen molar-refractivity contribution in [3.63, 3.8) is 0 Å². The summed E-state index contributed by atoms with van der Waals surface area (Å²) >= 11 is 6.43. The van der Waals surface area contributed by atoms with E-state index in [2.05, 4.69) is 15.6 Å². The number of hydrogen-bond acceptors (Lipinski definition) is 4. The molecule has 128 valence electrons. The molecule has 0 aliphatic carbocycles. The third-order valence-corrected chi connectivity index (χ3v) is 3.53. The maximum atomic E-state index is 11.8. The number of anilines is 2. The Bertz CT molecular complexity index is 726. The Morgan fingerprint density at radius 1 is 1.29 bits per heavy atom. The summed E-state index contributed by atoms with van der Waals surface area (Å²) < 4.78 is 5.22. The largest absolute Gasteiger partial charge is 0.444 e. The second kappa shape index (κ2) is 7.53. The molecule has 6 heteroatoms. The molecular formula is C18H22ClN3O2. The van der Waals surface area contributed by atoms with Gasteiger partial charge >= 0.3 is 6.09 Å². The minimum absolute atomic E-state index is 0.282. The van der Waals surface area contributed by atoms with Gasteiger partial charge in [-0.15, -0.1) is 0 Å². The minimum atomic E-state index is -0.534. The van der Waals surface area contributed by atoms with Gasteiger partial charge in [-0.3, -0.25) is 0 Å². The fourth-order valence-corrected chi connectivity index (χ4v) is 2.28. The predicted molar refractivity (Wildman–Crippen MR) is 96.8 cm³/mol. The summed E-state index contributed by atoms with van der Waals surface area (Å²) in [7, 11) is 0. The number of nitrogens with one attached hydrogen (secondary N) is 2. The van der Waals surface area contributed by atoms with E-state index in [1.54, 1.807) is 6.20 Å². The predicted octanol–water partition coefficient (Wildman–Crippen LogP) is 4.81. The van der Waals surface area contributed by atoms with Gasteiger partial charge in [0.15, 0.2) is 0 Å². The molecule has 24 heavy (non-hydrogen) atoms. The van der Waals surface area contributed by atoms with Crippen molar-refractivity contribution in [1.82, 2.24) is 10.3 Å². The third-order valence-electron chi connectivity index (χ3n) is 3.08. The molecule has 2 N–H and O–H groups in total. The Labute approximate surface area is 147 Å². The maximum Gasteiger partial charge on any atom is 0.407 e. The van der Waals surface area contributed by atoms with Gasteiger partial charge in [0.25, 0.3) is 0 Å². The fraction of sp³-hybridized carbons (Fsp3) is 0.333. The van der Waals surface area contributed by atoms with Crippen LogP contribution in [-0.2, 0) is 11.3 Å². The van der Waals surface area contributed by atoms with E-state index in [9.17, 15) is 4.79 Å². The van der Waals surface area contributed by atoms with Crippen LogP contribution in [0.25, 0.3) is 0 Å². The van der Waals surface area contributed by atoms with Crippen molar-refractivity contribution >= 4 is 29.2 Å². The molecule has 1 amide bonds. The number of halogens is 1. The highest BCUT2D eigenvalue weighted by Crippen LogP contribution is 2.28.